The molecule has 0 amide bonds. The molecule has 1 aliphatic heterocycles. The van der Waals surface area contributed by atoms with Gasteiger partial charge in [0.2, 0.25) is 0 Å². The van der Waals surface area contributed by atoms with Gasteiger partial charge in [-0.25, -0.2) is 0 Å². The van der Waals surface area contributed by atoms with Crippen LogP contribution in [0.15, 0.2) is 186 Å². The molecule has 0 fully saturated rings. The summed E-state index contributed by atoms with van der Waals surface area (Å²) in [6.45, 7) is 6.03. The first-order valence-corrected chi connectivity index (χ1v) is 15.7. The zero-order valence-corrected chi connectivity index (χ0v) is 25.7. The van der Waals surface area contributed by atoms with E-state index >= 15 is 0 Å². The Bertz CT molecular complexity index is 2200. The topological polar surface area (TPSA) is 20.5 Å². The van der Waals surface area contributed by atoms with Gasteiger partial charge in [-0.05, 0) is 78.4 Å². The molecule has 6 aromatic carbocycles. The summed E-state index contributed by atoms with van der Waals surface area (Å²) in [6.07, 6.45) is 3.96. The van der Waals surface area contributed by atoms with Crippen LogP contribution in [0, 0.1) is 0 Å². The number of para-hydroxylation sites is 3. The number of anilines is 2. The van der Waals surface area contributed by atoms with E-state index < -0.39 is 5.41 Å². The summed E-state index contributed by atoms with van der Waals surface area (Å²) in [6, 6.07) is 56.7. The monoisotopic (exact) mass is 591 g/mol. The standard InChI is InChI=1S/C43H33N3/c1-31-38(28-29-44-2)43(32-16-5-3-6-17-32,33-18-7-4-8-19-33)39-24-11-14-27-42(39)45(31)34-20-15-21-35(30-34)46-40-25-12-9-22-36(40)37-23-10-13-26-41(37)46/h3-30H,2H2,1H3/b29-28-. The summed E-state index contributed by atoms with van der Waals surface area (Å²) < 4.78 is 2.38. The van der Waals surface area contributed by atoms with Gasteiger partial charge in [0.1, 0.15) is 0 Å². The van der Waals surface area contributed by atoms with E-state index in [0.29, 0.717) is 0 Å². The molecule has 0 spiro atoms. The number of rotatable bonds is 6. The van der Waals surface area contributed by atoms with Gasteiger partial charge in [-0.15, -0.1) is 0 Å². The number of nitrogens with zero attached hydrogens (tertiary/aromatic N) is 3. The van der Waals surface area contributed by atoms with E-state index in [1.807, 2.05) is 6.20 Å². The first-order valence-electron chi connectivity index (χ1n) is 15.7. The van der Waals surface area contributed by atoms with Crippen molar-refractivity contribution >= 4 is 39.9 Å². The third-order valence-corrected chi connectivity index (χ3v) is 9.36. The van der Waals surface area contributed by atoms with E-state index in [1.165, 1.54) is 38.5 Å². The molecule has 3 nitrogen and oxygen atoms in total. The quantitative estimate of drug-likeness (QED) is 0.176. The lowest BCUT2D eigenvalue weighted by Crippen LogP contribution is -2.39. The molecule has 0 atom stereocenters. The summed E-state index contributed by atoms with van der Waals surface area (Å²) in [7, 11) is 0. The van der Waals surface area contributed by atoms with Crippen LogP contribution in [0.1, 0.15) is 23.6 Å². The number of aliphatic imine (C=N–C) groups is 1. The average molecular weight is 592 g/mol. The van der Waals surface area contributed by atoms with Crippen LogP contribution >= 0.6 is 0 Å². The maximum atomic E-state index is 4.19. The molecular weight excluding hydrogens is 558 g/mol. The second-order valence-electron chi connectivity index (χ2n) is 11.7. The summed E-state index contributed by atoms with van der Waals surface area (Å²) >= 11 is 0. The van der Waals surface area contributed by atoms with E-state index in [2.05, 4.69) is 192 Å². The fourth-order valence-corrected chi connectivity index (χ4v) is 7.55. The molecule has 3 heteroatoms. The molecule has 0 saturated carbocycles. The highest BCUT2D eigenvalue weighted by Gasteiger charge is 2.46. The van der Waals surface area contributed by atoms with Crippen molar-refractivity contribution in [3.8, 4) is 5.69 Å². The van der Waals surface area contributed by atoms with Gasteiger partial charge in [-0.2, -0.15) is 0 Å². The number of aromatic nitrogens is 1. The van der Waals surface area contributed by atoms with Crippen molar-refractivity contribution in [1.82, 2.24) is 4.57 Å². The Morgan fingerprint density at radius 2 is 1.13 bits per heavy atom. The largest absolute Gasteiger partial charge is 0.314 e. The third-order valence-electron chi connectivity index (χ3n) is 9.36. The van der Waals surface area contributed by atoms with Crippen molar-refractivity contribution in [2.24, 2.45) is 4.99 Å². The van der Waals surface area contributed by atoms with Crippen LogP contribution in [0.4, 0.5) is 11.4 Å². The Labute approximate surface area is 269 Å². The third kappa shape index (κ3) is 4.09. The van der Waals surface area contributed by atoms with Gasteiger partial charge in [0, 0.05) is 34.0 Å². The molecule has 1 aromatic heterocycles. The minimum Gasteiger partial charge on any atom is -0.314 e. The number of allylic oxidation sites excluding steroid dienone is 3. The summed E-state index contributed by atoms with van der Waals surface area (Å²) in [5, 5.41) is 2.51. The molecule has 0 unspecified atom stereocenters. The molecule has 7 aromatic rings. The molecule has 1 aliphatic rings. The first-order chi connectivity index (χ1) is 22.7. The van der Waals surface area contributed by atoms with Crippen LogP contribution in [0.5, 0.6) is 0 Å². The Balaban J connectivity index is 1.42. The van der Waals surface area contributed by atoms with Gasteiger partial charge in [-0.1, -0.05) is 121 Å². The van der Waals surface area contributed by atoms with Gasteiger partial charge in [0.15, 0.2) is 0 Å². The first kappa shape index (κ1) is 27.6. The van der Waals surface area contributed by atoms with Gasteiger partial charge in [-0.3, -0.25) is 4.99 Å². The fourth-order valence-electron chi connectivity index (χ4n) is 7.55. The van der Waals surface area contributed by atoms with Crippen LogP contribution in [0.2, 0.25) is 0 Å². The molecule has 0 radical (unpaired) electrons. The number of hydrogen-bond donors (Lipinski definition) is 0. The Kier molecular flexibility index (Phi) is 6.73. The highest BCUT2D eigenvalue weighted by atomic mass is 15.2. The summed E-state index contributed by atoms with van der Waals surface area (Å²) in [5.74, 6) is 0. The van der Waals surface area contributed by atoms with Crippen molar-refractivity contribution in [1.29, 1.82) is 0 Å². The second-order valence-corrected chi connectivity index (χ2v) is 11.7. The van der Waals surface area contributed by atoms with Gasteiger partial charge in [0.05, 0.1) is 22.1 Å². The predicted octanol–water partition coefficient (Wildman–Crippen LogP) is 10.8. The molecule has 46 heavy (non-hydrogen) atoms. The van der Waals surface area contributed by atoms with Crippen molar-refractivity contribution in [3.63, 3.8) is 0 Å². The van der Waals surface area contributed by atoms with Crippen molar-refractivity contribution in [2.75, 3.05) is 4.90 Å². The highest BCUT2D eigenvalue weighted by molar-refractivity contribution is 6.09. The highest BCUT2D eigenvalue weighted by Crippen LogP contribution is 2.55. The maximum absolute atomic E-state index is 4.19. The van der Waals surface area contributed by atoms with Crippen LogP contribution in [-0.4, -0.2) is 11.3 Å². The van der Waals surface area contributed by atoms with Gasteiger partial charge < -0.3 is 9.47 Å². The fraction of sp³-hybridized carbons (Fsp3) is 0.0465. The Morgan fingerprint density at radius 3 is 1.76 bits per heavy atom. The van der Waals surface area contributed by atoms with Crippen LogP contribution in [0.25, 0.3) is 27.5 Å². The predicted molar refractivity (Wildman–Crippen MR) is 194 cm³/mol. The molecule has 0 bridgehead atoms. The molecule has 8 rings (SSSR count). The zero-order chi connectivity index (χ0) is 31.1. The number of benzene rings is 6. The van der Waals surface area contributed by atoms with Crippen molar-refractivity contribution in [2.45, 2.75) is 12.3 Å². The Hall–Kier alpha value is -5.93. The summed E-state index contributed by atoms with van der Waals surface area (Å²) in [5.41, 5.74) is 11.1. The van der Waals surface area contributed by atoms with E-state index in [1.54, 1.807) is 0 Å². The van der Waals surface area contributed by atoms with Gasteiger partial charge >= 0.3 is 0 Å². The van der Waals surface area contributed by atoms with Crippen LogP contribution in [0.3, 0.4) is 0 Å². The molecule has 0 N–H and O–H groups in total. The van der Waals surface area contributed by atoms with E-state index in [9.17, 15) is 0 Å². The summed E-state index contributed by atoms with van der Waals surface area (Å²) in [4.78, 5) is 6.59. The lowest BCUT2D eigenvalue weighted by molar-refractivity contribution is 0.711. The van der Waals surface area contributed by atoms with E-state index in [-0.39, 0.29) is 0 Å². The number of hydrogen-bond acceptors (Lipinski definition) is 2. The molecule has 2 heterocycles. The van der Waals surface area contributed by atoms with E-state index in [4.69, 9.17) is 0 Å². The average Bonchev–Trinajstić information content (AvgIpc) is 3.46. The minimum absolute atomic E-state index is 0.564. The smallest absolute Gasteiger partial charge is 0.0739 e. The number of fused-ring (bicyclic) bond motifs is 4. The lowest BCUT2D eigenvalue weighted by atomic mass is 9.62. The molecular formula is C43H33N3. The molecule has 0 saturated heterocycles. The van der Waals surface area contributed by atoms with Crippen molar-refractivity contribution in [3.05, 3.63) is 198 Å². The van der Waals surface area contributed by atoms with Gasteiger partial charge in [0.25, 0.3) is 0 Å². The zero-order valence-electron chi connectivity index (χ0n) is 25.7. The normalized spacial score (nSPS) is 14.2. The Morgan fingerprint density at radius 1 is 0.587 bits per heavy atom. The van der Waals surface area contributed by atoms with Crippen LogP contribution < -0.4 is 4.90 Å². The maximum Gasteiger partial charge on any atom is 0.0739 e. The van der Waals surface area contributed by atoms with E-state index in [0.717, 1.165) is 28.3 Å². The second kappa shape index (κ2) is 11.2. The lowest BCUT2D eigenvalue weighted by Gasteiger charge is -2.46. The molecule has 0 aliphatic carbocycles. The minimum atomic E-state index is -0.564. The SMILES string of the molecule is C=N/C=C\C1=C(C)N(c2cccc(-n3c4ccccc4c4ccccc43)c2)c2ccccc2C1(c1ccccc1)c1ccccc1. The van der Waals surface area contributed by atoms with Crippen molar-refractivity contribution < 1.29 is 0 Å². The molecule has 220 valence electrons. The van der Waals surface area contributed by atoms with Crippen LogP contribution in [-0.2, 0) is 5.41 Å².